The standard InChI is InChI=1S/C23H20F5N3O3/c1-13(23(26,27)28)30(11-14-6-8-15(24)9-7-14)19(32)12-31-21(34)29-20(33)22(31)10-18(25)16-4-2-3-5-17(16)22/h2-9,13,18H,10-12H2,1H3,(H,29,33,34)/t13-,18-,22+/m0/s1. The summed E-state index contributed by atoms with van der Waals surface area (Å²) in [6.07, 6.45) is -6.85. The van der Waals surface area contributed by atoms with Gasteiger partial charge in [0, 0.05) is 13.0 Å². The zero-order valence-electron chi connectivity index (χ0n) is 17.9. The molecule has 2 aromatic carbocycles. The number of rotatable bonds is 5. The van der Waals surface area contributed by atoms with Crippen LogP contribution in [-0.2, 0) is 21.7 Å². The molecule has 1 aliphatic heterocycles. The number of nitrogens with one attached hydrogen (secondary N) is 1. The molecule has 0 bridgehead atoms. The Labute approximate surface area is 191 Å². The Kier molecular flexibility index (Phi) is 5.82. The average Bonchev–Trinajstić information content (AvgIpc) is 3.21. The molecule has 0 saturated carbocycles. The minimum atomic E-state index is -4.79. The quantitative estimate of drug-likeness (QED) is 0.519. The summed E-state index contributed by atoms with van der Waals surface area (Å²) in [5, 5.41) is 2.07. The van der Waals surface area contributed by atoms with Gasteiger partial charge in [-0.15, -0.1) is 0 Å². The van der Waals surface area contributed by atoms with Gasteiger partial charge in [-0.3, -0.25) is 19.8 Å². The number of benzene rings is 2. The Balaban J connectivity index is 1.68. The van der Waals surface area contributed by atoms with Crippen molar-refractivity contribution in [3.05, 3.63) is 71.0 Å². The van der Waals surface area contributed by atoms with E-state index in [1.807, 2.05) is 0 Å². The lowest BCUT2D eigenvalue weighted by molar-refractivity contribution is -0.187. The number of urea groups is 1. The van der Waals surface area contributed by atoms with E-state index in [0.717, 1.165) is 24.0 Å². The molecule has 1 N–H and O–H groups in total. The average molecular weight is 481 g/mol. The van der Waals surface area contributed by atoms with Crippen LogP contribution < -0.4 is 5.32 Å². The molecule has 6 nitrogen and oxygen atoms in total. The van der Waals surface area contributed by atoms with Gasteiger partial charge in [-0.1, -0.05) is 36.4 Å². The molecular weight excluding hydrogens is 461 g/mol. The maximum atomic E-state index is 14.8. The first-order chi connectivity index (χ1) is 15.9. The first kappa shape index (κ1) is 23.7. The molecule has 0 aromatic heterocycles. The maximum absolute atomic E-state index is 14.8. The van der Waals surface area contributed by atoms with Gasteiger partial charge in [-0.2, -0.15) is 13.2 Å². The number of fused-ring (bicyclic) bond motifs is 2. The topological polar surface area (TPSA) is 69.7 Å². The van der Waals surface area contributed by atoms with Gasteiger partial charge in [-0.05, 0) is 35.7 Å². The Morgan fingerprint density at radius 1 is 1.18 bits per heavy atom. The van der Waals surface area contributed by atoms with Crippen molar-refractivity contribution in [3.63, 3.8) is 0 Å². The van der Waals surface area contributed by atoms with Crippen LogP contribution in [0, 0.1) is 5.82 Å². The lowest BCUT2D eigenvalue weighted by Gasteiger charge is -2.36. The van der Waals surface area contributed by atoms with E-state index in [1.165, 1.54) is 24.3 Å². The van der Waals surface area contributed by atoms with Crippen molar-refractivity contribution in [2.75, 3.05) is 6.54 Å². The zero-order valence-corrected chi connectivity index (χ0v) is 17.9. The van der Waals surface area contributed by atoms with E-state index in [1.54, 1.807) is 12.1 Å². The van der Waals surface area contributed by atoms with Crippen LogP contribution in [0.15, 0.2) is 48.5 Å². The number of hydrogen-bond acceptors (Lipinski definition) is 3. The van der Waals surface area contributed by atoms with Gasteiger partial charge in [0.15, 0.2) is 5.54 Å². The summed E-state index contributed by atoms with van der Waals surface area (Å²) in [5.74, 6) is -2.54. The van der Waals surface area contributed by atoms with Crippen LogP contribution in [0.4, 0.5) is 26.7 Å². The van der Waals surface area contributed by atoms with Crippen molar-refractivity contribution in [1.29, 1.82) is 0 Å². The zero-order chi connectivity index (χ0) is 24.8. The van der Waals surface area contributed by atoms with Crippen LogP contribution in [0.2, 0.25) is 0 Å². The molecule has 1 spiro atoms. The van der Waals surface area contributed by atoms with E-state index < -0.39 is 67.1 Å². The van der Waals surface area contributed by atoms with Crippen molar-refractivity contribution in [2.45, 2.75) is 43.8 Å². The van der Waals surface area contributed by atoms with Gasteiger partial charge in [0.25, 0.3) is 5.91 Å². The van der Waals surface area contributed by atoms with Crippen LogP contribution >= 0.6 is 0 Å². The van der Waals surface area contributed by atoms with E-state index in [9.17, 15) is 36.3 Å². The maximum Gasteiger partial charge on any atom is 0.408 e. The minimum Gasteiger partial charge on any atom is -0.325 e. The third-order valence-corrected chi connectivity index (χ3v) is 6.34. The first-order valence-electron chi connectivity index (χ1n) is 10.4. The van der Waals surface area contributed by atoms with Gasteiger partial charge < -0.3 is 4.90 Å². The van der Waals surface area contributed by atoms with Crippen molar-refractivity contribution in [2.24, 2.45) is 0 Å². The molecule has 1 fully saturated rings. The molecule has 4 amide bonds. The van der Waals surface area contributed by atoms with Crippen molar-refractivity contribution >= 4 is 17.8 Å². The number of alkyl halides is 4. The highest BCUT2D eigenvalue weighted by atomic mass is 19.4. The molecule has 4 rings (SSSR count). The van der Waals surface area contributed by atoms with Crippen LogP contribution in [0.25, 0.3) is 0 Å². The number of halogens is 5. The molecule has 0 unspecified atom stereocenters. The molecule has 1 heterocycles. The van der Waals surface area contributed by atoms with E-state index in [0.29, 0.717) is 4.90 Å². The van der Waals surface area contributed by atoms with Crippen LogP contribution in [0.5, 0.6) is 0 Å². The number of carbonyl (C=O) groups excluding carboxylic acids is 3. The summed E-state index contributed by atoms with van der Waals surface area (Å²) in [4.78, 5) is 39.9. The SMILES string of the molecule is C[C@H](N(Cc1ccc(F)cc1)C(=O)CN1C(=O)NC(=O)[C@]12C[C@H](F)c1ccccc12)C(F)(F)F. The number of imide groups is 1. The highest BCUT2D eigenvalue weighted by Crippen LogP contribution is 2.50. The summed E-state index contributed by atoms with van der Waals surface area (Å²) in [6.45, 7) is -0.617. The normalized spacial score (nSPS) is 22.6. The second-order valence-corrected chi connectivity index (χ2v) is 8.33. The van der Waals surface area contributed by atoms with Gasteiger partial charge in [0.2, 0.25) is 5.91 Å². The van der Waals surface area contributed by atoms with Crippen LogP contribution in [0.1, 0.15) is 36.2 Å². The molecular formula is C23H20F5N3O3. The first-order valence-corrected chi connectivity index (χ1v) is 10.4. The molecule has 2 aromatic rings. The molecule has 2 aliphatic rings. The minimum absolute atomic E-state index is 0.177. The smallest absolute Gasteiger partial charge is 0.325 e. The highest BCUT2D eigenvalue weighted by Gasteiger charge is 2.60. The number of nitrogens with zero attached hydrogens (tertiary/aromatic N) is 2. The number of amides is 4. The fourth-order valence-corrected chi connectivity index (χ4v) is 4.50. The Morgan fingerprint density at radius 2 is 1.82 bits per heavy atom. The van der Waals surface area contributed by atoms with Crippen LogP contribution in [0.3, 0.4) is 0 Å². The summed E-state index contributed by atoms with van der Waals surface area (Å²) in [5.41, 5.74) is -1.24. The fourth-order valence-electron chi connectivity index (χ4n) is 4.50. The van der Waals surface area contributed by atoms with Gasteiger partial charge in [0.1, 0.15) is 24.6 Å². The number of hydrogen-bond donors (Lipinski definition) is 1. The molecule has 34 heavy (non-hydrogen) atoms. The summed E-state index contributed by atoms with van der Waals surface area (Å²) < 4.78 is 68.7. The summed E-state index contributed by atoms with van der Waals surface area (Å²) in [6, 6.07) is 7.36. The van der Waals surface area contributed by atoms with Gasteiger partial charge in [-0.25, -0.2) is 13.6 Å². The fraction of sp³-hybridized carbons (Fsp3) is 0.348. The second-order valence-electron chi connectivity index (χ2n) is 8.33. The van der Waals surface area contributed by atoms with E-state index in [4.69, 9.17) is 0 Å². The van der Waals surface area contributed by atoms with Gasteiger partial charge in [0.05, 0.1) is 0 Å². The molecule has 3 atom stereocenters. The van der Waals surface area contributed by atoms with Crippen molar-refractivity contribution < 1.29 is 36.3 Å². The van der Waals surface area contributed by atoms with Crippen molar-refractivity contribution in [1.82, 2.24) is 15.1 Å². The second kappa shape index (κ2) is 8.37. The van der Waals surface area contributed by atoms with Crippen LogP contribution in [-0.4, -0.2) is 46.4 Å². The third-order valence-electron chi connectivity index (χ3n) is 6.34. The molecule has 180 valence electrons. The Morgan fingerprint density at radius 3 is 2.47 bits per heavy atom. The number of carbonyl (C=O) groups is 3. The summed E-state index contributed by atoms with van der Waals surface area (Å²) in [7, 11) is 0. The van der Waals surface area contributed by atoms with Crippen molar-refractivity contribution in [3.8, 4) is 0 Å². The monoisotopic (exact) mass is 481 g/mol. The largest absolute Gasteiger partial charge is 0.408 e. The Hall–Kier alpha value is -3.50. The molecule has 11 heteroatoms. The van der Waals surface area contributed by atoms with E-state index >= 15 is 0 Å². The summed E-state index contributed by atoms with van der Waals surface area (Å²) >= 11 is 0. The van der Waals surface area contributed by atoms with Gasteiger partial charge >= 0.3 is 12.2 Å². The molecule has 1 aliphatic carbocycles. The van der Waals surface area contributed by atoms with E-state index in [-0.39, 0.29) is 16.7 Å². The Bertz CT molecular complexity index is 1140. The predicted molar refractivity (Wildman–Crippen MR) is 109 cm³/mol. The lowest BCUT2D eigenvalue weighted by Crippen LogP contribution is -2.53. The molecule has 1 saturated heterocycles. The van der Waals surface area contributed by atoms with E-state index in [2.05, 4.69) is 5.32 Å². The lowest BCUT2D eigenvalue weighted by atomic mass is 9.90. The third kappa shape index (κ3) is 3.88. The molecule has 0 radical (unpaired) electrons. The predicted octanol–water partition coefficient (Wildman–Crippen LogP) is 3.97. The highest BCUT2D eigenvalue weighted by molar-refractivity contribution is 6.09.